The quantitative estimate of drug-likeness (QED) is 0.668. The lowest BCUT2D eigenvalue weighted by Gasteiger charge is -2.15. The van der Waals surface area contributed by atoms with E-state index < -0.39 is 5.97 Å². The smallest absolute Gasteiger partial charge is 0.306 e. The summed E-state index contributed by atoms with van der Waals surface area (Å²) in [4.78, 5) is 22.5. The van der Waals surface area contributed by atoms with E-state index in [1.807, 2.05) is 0 Å². The van der Waals surface area contributed by atoms with Crippen molar-refractivity contribution in [2.45, 2.75) is 50.6 Å². The molecule has 3 N–H and O–H groups in total. The summed E-state index contributed by atoms with van der Waals surface area (Å²) >= 11 is 0. The summed E-state index contributed by atoms with van der Waals surface area (Å²) in [6.07, 6.45) is 4.79. The largest absolute Gasteiger partial charge is 0.481 e. The number of hydrogen-bond donors (Lipinski definition) is 3. The fourth-order valence-corrected chi connectivity index (χ4v) is 2.78. The van der Waals surface area contributed by atoms with Gasteiger partial charge in [-0.05, 0) is 38.6 Å². The molecule has 1 aliphatic heterocycles. The van der Waals surface area contributed by atoms with Crippen LogP contribution in [0.15, 0.2) is 0 Å². The summed E-state index contributed by atoms with van der Waals surface area (Å²) in [6.45, 7) is 1.00. The van der Waals surface area contributed by atoms with Crippen LogP contribution in [0.25, 0.3) is 0 Å². The number of carbonyl (C=O) groups is 2. The van der Waals surface area contributed by atoms with Crippen LogP contribution in [0.3, 0.4) is 0 Å². The zero-order valence-corrected chi connectivity index (χ0v) is 9.95. The first-order valence-electron chi connectivity index (χ1n) is 6.40. The molecule has 2 aliphatic rings. The molecule has 0 aromatic carbocycles. The summed E-state index contributed by atoms with van der Waals surface area (Å²) < 4.78 is 0. The van der Waals surface area contributed by atoms with E-state index in [1.165, 1.54) is 0 Å². The molecule has 1 saturated carbocycles. The molecular weight excluding hydrogens is 220 g/mol. The Hall–Kier alpha value is -1.10. The van der Waals surface area contributed by atoms with Crippen LogP contribution in [0.4, 0.5) is 0 Å². The molecule has 5 heteroatoms. The third kappa shape index (κ3) is 3.43. The number of hydrogen-bond acceptors (Lipinski definition) is 3. The third-order valence-corrected chi connectivity index (χ3v) is 3.74. The molecule has 17 heavy (non-hydrogen) atoms. The highest BCUT2D eigenvalue weighted by atomic mass is 16.4. The van der Waals surface area contributed by atoms with Gasteiger partial charge in [-0.2, -0.15) is 0 Å². The van der Waals surface area contributed by atoms with Gasteiger partial charge in [-0.15, -0.1) is 0 Å². The van der Waals surface area contributed by atoms with Gasteiger partial charge in [0.2, 0.25) is 5.91 Å². The molecular formula is C12H20N2O3. The van der Waals surface area contributed by atoms with Gasteiger partial charge in [-0.25, -0.2) is 0 Å². The normalized spacial score (nSPS) is 32.6. The zero-order chi connectivity index (χ0) is 12.3. The topological polar surface area (TPSA) is 78.4 Å². The van der Waals surface area contributed by atoms with E-state index >= 15 is 0 Å². The standard InChI is InChI=1S/C12H20N2O3/c15-11(7-9-2-1-5-13-9)14-10-4-3-8(6-10)12(16)17/h8-10,13H,1-7H2,(H,14,15)(H,16,17)/t8-,9?,10+/m1/s1. The van der Waals surface area contributed by atoms with Crippen molar-refractivity contribution in [3.05, 3.63) is 0 Å². The Labute approximate surface area is 101 Å². The highest BCUT2D eigenvalue weighted by molar-refractivity contribution is 5.77. The highest BCUT2D eigenvalue weighted by Crippen LogP contribution is 2.25. The molecule has 0 radical (unpaired) electrons. The van der Waals surface area contributed by atoms with E-state index in [4.69, 9.17) is 5.11 Å². The lowest BCUT2D eigenvalue weighted by molar-refractivity contribution is -0.141. The maximum absolute atomic E-state index is 11.7. The first kappa shape index (κ1) is 12.4. The van der Waals surface area contributed by atoms with Crippen LogP contribution in [0.5, 0.6) is 0 Å². The fraction of sp³-hybridized carbons (Fsp3) is 0.833. The minimum Gasteiger partial charge on any atom is -0.481 e. The van der Waals surface area contributed by atoms with Crippen LogP contribution in [0, 0.1) is 5.92 Å². The van der Waals surface area contributed by atoms with Crippen LogP contribution in [0.1, 0.15) is 38.5 Å². The van der Waals surface area contributed by atoms with E-state index in [2.05, 4.69) is 10.6 Å². The van der Waals surface area contributed by atoms with E-state index in [0.29, 0.717) is 25.3 Å². The molecule has 1 saturated heterocycles. The van der Waals surface area contributed by atoms with Crippen molar-refractivity contribution in [1.82, 2.24) is 10.6 Å². The molecule has 1 amide bonds. The molecule has 0 aromatic heterocycles. The van der Waals surface area contributed by atoms with Crippen molar-refractivity contribution in [2.75, 3.05) is 6.54 Å². The maximum atomic E-state index is 11.7. The number of nitrogens with one attached hydrogen (secondary N) is 2. The average molecular weight is 240 g/mol. The van der Waals surface area contributed by atoms with Gasteiger partial charge >= 0.3 is 5.97 Å². The number of carboxylic acids is 1. The number of carbonyl (C=O) groups excluding carboxylic acids is 1. The third-order valence-electron chi connectivity index (χ3n) is 3.74. The van der Waals surface area contributed by atoms with Gasteiger partial charge in [0.15, 0.2) is 0 Å². The van der Waals surface area contributed by atoms with Gasteiger partial charge in [0.25, 0.3) is 0 Å². The van der Waals surface area contributed by atoms with E-state index in [9.17, 15) is 9.59 Å². The molecule has 1 unspecified atom stereocenters. The molecule has 0 spiro atoms. The Balaban J connectivity index is 1.70. The number of aliphatic carboxylic acids is 1. The van der Waals surface area contributed by atoms with Crippen LogP contribution in [-0.2, 0) is 9.59 Å². The summed E-state index contributed by atoms with van der Waals surface area (Å²) in [7, 11) is 0. The fourth-order valence-electron chi connectivity index (χ4n) is 2.78. The van der Waals surface area contributed by atoms with Gasteiger partial charge in [-0.3, -0.25) is 9.59 Å². The molecule has 2 rings (SSSR count). The second-order valence-electron chi connectivity index (χ2n) is 5.11. The molecule has 2 fully saturated rings. The van der Waals surface area contributed by atoms with Gasteiger partial charge in [0.1, 0.15) is 0 Å². The molecule has 96 valence electrons. The monoisotopic (exact) mass is 240 g/mol. The van der Waals surface area contributed by atoms with Gasteiger partial charge in [0, 0.05) is 18.5 Å². The number of rotatable bonds is 4. The summed E-state index contributed by atoms with van der Waals surface area (Å²) in [5.41, 5.74) is 0. The predicted molar refractivity (Wildman–Crippen MR) is 62.5 cm³/mol. The Morgan fingerprint density at radius 1 is 1.29 bits per heavy atom. The van der Waals surface area contributed by atoms with Crippen molar-refractivity contribution in [1.29, 1.82) is 0 Å². The number of carboxylic acid groups (broad SMARTS) is 1. The van der Waals surface area contributed by atoms with Gasteiger partial charge in [-0.1, -0.05) is 0 Å². The van der Waals surface area contributed by atoms with Gasteiger partial charge < -0.3 is 15.7 Å². The summed E-state index contributed by atoms with van der Waals surface area (Å²) in [5.74, 6) is -0.954. The molecule has 1 heterocycles. The van der Waals surface area contributed by atoms with Crippen molar-refractivity contribution in [2.24, 2.45) is 5.92 Å². The SMILES string of the molecule is O=C(CC1CCCN1)N[C@H]1CC[C@@H](C(=O)O)C1. The average Bonchev–Trinajstić information content (AvgIpc) is 2.88. The molecule has 3 atom stereocenters. The molecule has 5 nitrogen and oxygen atoms in total. The molecule has 0 bridgehead atoms. The lowest BCUT2D eigenvalue weighted by atomic mass is 10.1. The van der Waals surface area contributed by atoms with Crippen molar-refractivity contribution < 1.29 is 14.7 Å². The summed E-state index contributed by atoms with van der Waals surface area (Å²) in [5, 5.41) is 15.1. The van der Waals surface area contributed by atoms with Crippen LogP contribution >= 0.6 is 0 Å². The Bertz CT molecular complexity index is 300. The molecule has 0 aromatic rings. The van der Waals surface area contributed by atoms with E-state index in [1.54, 1.807) is 0 Å². The zero-order valence-electron chi connectivity index (χ0n) is 9.95. The lowest BCUT2D eigenvalue weighted by Crippen LogP contribution is -2.37. The van der Waals surface area contributed by atoms with Gasteiger partial charge in [0.05, 0.1) is 5.92 Å². The van der Waals surface area contributed by atoms with Crippen molar-refractivity contribution >= 4 is 11.9 Å². The minimum atomic E-state index is -0.737. The van der Waals surface area contributed by atoms with E-state index in [-0.39, 0.29) is 17.9 Å². The van der Waals surface area contributed by atoms with Crippen LogP contribution in [-0.4, -0.2) is 35.6 Å². The number of amides is 1. The Kier molecular flexibility index (Phi) is 3.99. The minimum absolute atomic E-state index is 0.0560. The van der Waals surface area contributed by atoms with E-state index in [0.717, 1.165) is 25.8 Å². The van der Waals surface area contributed by atoms with Crippen molar-refractivity contribution in [3.63, 3.8) is 0 Å². The predicted octanol–water partition coefficient (Wildman–Crippen LogP) is 0.498. The highest BCUT2D eigenvalue weighted by Gasteiger charge is 2.30. The first-order valence-corrected chi connectivity index (χ1v) is 6.40. The Morgan fingerprint density at radius 2 is 2.12 bits per heavy atom. The first-order chi connectivity index (χ1) is 8.15. The maximum Gasteiger partial charge on any atom is 0.306 e. The van der Waals surface area contributed by atoms with Crippen LogP contribution < -0.4 is 10.6 Å². The summed E-state index contributed by atoms with van der Waals surface area (Å²) in [6, 6.07) is 0.372. The Morgan fingerprint density at radius 3 is 2.71 bits per heavy atom. The molecule has 1 aliphatic carbocycles. The second kappa shape index (κ2) is 5.49. The second-order valence-corrected chi connectivity index (χ2v) is 5.11. The van der Waals surface area contributed by atoms with Crippen molar-refractivity contribution in [3.8, 4) is 0 Å². The van der Waals surface area contributed by atoms with Crippen LogP contribution in [0.2, 0.25) is 0 Å².